The average molecular weight is 146 g/mol. The third-order valence-corrected chi connectivity index (χ3v) is 1.11. The van der Waals surface area contributed by atoms with E-state index in [9.17, 15) is 4.79 Å². The van der Waals surface area contributed by atoms with Crippen molar-refractivity contribution in [3.63, 3.8) is 0 Å². The second-order valence-corrected chi connectivity index (χ2v) is 1.97. The summed E-state index contributed by atoms with van der Waals surface area (Å²) in [6.45, 7) is 7.96. The van der Waals surface area contributed by atoms with Crippen LogP contribution in [-0.2, 0) is 9.53 Å². The van der Waals surface area contributed by atoms with Crippen LogP contribution in [0.4, 0.5) is 0 Å². The van der Waals surface area contributed by atoms with Crippen LogP contribution in [0.25, 0.3) is 0 Å². The molecule has 0 heterocycles. The van der Waals surface area contributed by atoms with Gasteiger partial charge in [-0.25, -0.2) is 0 Å². The maximum Gasteiger partial charge on any atom is 0.134 e. The summed E-state index contributed by atoms with van der Waals surface area (Å²) in [5, 5.41) is 0. The van der Waals surface area contributed by atoms with Gasteiger partial charge in [0.25, 0.3) is 0 Å². The van der Waals surface area contributed by atoms with Crippen molar-refractivity contribution >= 4 is 5.78 Å². The predicted molar refractivity (Wildman–Crippen MR) is 43.1 cm³/mol. The van der Waals surface area contributed by atoms with Gasteiger partial charge >= 0.3 is 0 Å². The fraction of sp³-hybridized carbons (Fsp3) is 0.875. The standard InChI is InChI=1S/C6H12O2.C2H6/c1-5(4-8-3)6(2)7;1-2/h5H,4H2,1-3H3;1-2H3. The smallest absolute Gasteiger partial charge is 0.134 e. The van der Waals surface area contributed by atoms with Crippen molar-refractivity contribution in [2.45, 2.75) is 27.7 Å². The van der Waals surface area contributed by atoms with Gasteiger partial charge in [-0.1, -0.05) is 20.8 Å². The van der Waals surface area contributed by atoms with Gasteiger partial charge in [0, 0.05) is 13.0 Å². The van der Waals surface area contributed by atoms with Gasteiger partial charge < -0.3 is 4.74 Å². The highest BCUT2D eigenvalue weighted by molar-refractivity contribution is 5.77. The molecule has 2 heteroatoms. The van der Waals surface area contributed by atoms with Crippen molar-refractivity contribution in [3.05, 3.63) is 0 Å². The first-order valence-electron chi connectivity index (χ1n) is 3.68. The van der Waals surface area contributed by atoms with Crippen LogP contribution >= 0.6 is 0 Å². The molecule has 0 rings (SSSR count). The molecule has 0 N–H and O–H groups in total. The van der Waals surface area contributed by atoms with Crippen LogP contribution in [0.3, 0.4) is 0 Å². The van der Waals surface area contributed by atoms with E-state index in [-0.39, 0.29) is 11.7 Å². The number of carbonyl (C=O) groups excluding carboxylic acids is 1. The minimum Gasteiger partial charge on any atom is -0.384 e. The van der Waals surface area contributed by atoms with Gasteiger partial charge in [-0.2, -0.15) is 0 Å². The van der Waals surface area contributed by atoms with Crippen LogP contribution < -0.4 is 0 Å². The van der Waals surface area contributed by atoms with E-state index in [1.807, 2.05) is 20.8 Å². The molecule has 10 heavy (non-hydrogen) atoms. The summed E-state index contributed by atoms with van der Waals surface area (Å²) in [5.74, 6) is 0.242. The molecule has 0 radical (unpaired) electrons. The number of ether oxygens (including phenoxy) is 1. The molecule has 0 amide bonds. The lowest BCUT2D eigenvalue weighted by molar-refractivity contribution is -0.121. The molecule has 0 spiro atoms. The second-order valence-electron chi connectivity index (χ2n) is 1.97. The highest BCUT2D eigenvalue weighted by Gasteiger charge is 2.04. The molecule has 0 bridgehead atoms. The van der Waals surface area contributed by atoms with Gasteiger partial charge in [-0.3, -0.25) is 4.79 Å². The summed E-state index contributed by atoms with van der Waals surface area (Å²) < 4.78 is 4.74. The lowest BCUT2D eigenvalue weighted by Crippen LogP contribution is -2.11. The van der Waals surface area contributed by atoms with Gasteiger partial charge in [0.2, 0.25) is 0 Å². The zero-order valence-corrected chi connectivity index (χ0v) is 7.60. The molecule has 0 aliphatic heterocycles. The maximum absolute atomic E-state index is 10.5. The van der Waals surface area contributed by atoms with Crippen LogP contribution in [0, 0.1) is 5.92 Å². The number of ketones is 1. The molecule has 1 unspecified atom stereocenters. The van der Waals surface area contributed by atoms with Crippen molar-refractivity contribution in [3.8, 4) is 0 Å². The fourth-order valence-electron chi connectivity index (χ4n) is 0.367. The molecule has 0 aliphatic rings. The van der Waals surface area contributed by atoms with E-state index >= 15 is 0 Å². The molecule has 0 aromatic carbocycles. The van der Waals surface area contributed by atoms with E-state index in [0.717, 1.165) is 0 Å². The summed E-state index contributed by atoms with van der Waals surface area (Å²) in [6.07, 6.45) is 0. The minimum absolute atomic E-state index is 0.0556. The van der Waals surface area contributed by atoms with E-state index in [0.29, 0.717) is 6.61 Å². The van der Waals surface area contributed by atoms with E-state index in [2.05, 4.69) is 0 Å². The SMILES string of the molecule is CC.COCC(C)C(C)=O. The Morgan fingerprint density at radius 3 is 2.00 bits per heavy atom. The molecule has 0 aromatic heterocycles. The topological polar surface area (TPSA) is 26.3 Å². The van der Waals surface area contributed by atoms with Crippen molar-refractivity contribution in [2.75, 3.05) is 13.7 Å². The third-order valence-electron chi connectivity index (χ3n) is 1.11. The summed E-state index contributed by atoms with van der Waals surface area (Å²) in [5.41, 5.74) is 0. The average Bonchev–Trinajstić information content (AvgIpc) is 1.93. The van der Waals surface area contributed by atoms with Crippen LogP contribution in [0.15, 0.2) is 0 Å². The van der Waals surface area contributed by atoms with Crippen LogP contribution in [0.1, 0.15) is 27.7 Å². The Balaban J connectivity index is 0. The molecular formula is C8H18O2. The number of hydrogen-bond acceptors (Lipinski definition) is 2. The minimum atomic E-state index is 0.0556. The lowest BCUT2D eigenvalue weighted by atomic mass is 10.1. The zero-order valence-electron chi connectivity index (χ0n) is 7.60. The lowest BCUT2D eigenvalue weighted by Gasteiger charge is -2.02. The van der Waals surface area contributed by atoms with Crippen LogP contribution in [0.5, 0.6) is 0 Å². The monoisotopic (exact) mass is 146 g/mol. The molecule has 2 nitrogen and oxygen atoms in total. The maximum atomic E-state index is 10.5. The first-order chi connectivity index (χ1) is 4.68. The molecule has 62 valence electrons. The van der Waals surface area contributed by atoms with Crippen molar-refractivity contribution in [1.82, 2.24) is 0 Å². The normalized spacial score (nSPS) is 11.3. The van der Waals surface area contributed by atoms with Crippen molar-refractivity contribution < 1.29 is 9.53 Å². The Bertz CT molecular complexity index is 79.3. The summed E-state index contributed by atoms with van der Waals surface area (Å²) in [6, 6.07) is 0. The van der Waals surface area contributed by atoms with Crippen molar-refractivity contribution in [1.29, 1.82) is 0 Å². The Labute approximate surface area is 63.6 Å². The molecule has 0 saturated heterocycles. The molecule has 0 aliphatic carbocycles. The number of rotatable bonds is 3. The zero-order chi connectivity index (χ0) is 8.57. The summed E-state index contributed by atoms with van der Waals surface area (Å²) >= 11 is 0. The number of methoxy groups -OCH3 is 1. The highest BCUT2D eigenvalue weighted by atomic mass is 16.5. The quantitative estimate of drug-likeness (QED) is 0.607. The predicted octanol–water partition coefficient (Wildman–Crippen LogP) is 1.88. The number of hydrogen-bond donors (Lipinski definition) is 0. The molecule has 0 aromatic rings. The van der Waals surface area contributed by atoms with E-state index in [1.54, 1.807) is 14.0 Å². The highest BCUT2D eigenvalue weighted by Crippen LogP contribution is 1.94. The van der Waals surface area contributed by atoms with E-state index in [1.165, 1.54) is 0 Å². The van der Waals surface area contributed by atoms with Crippen LogP contribution in [-0.4, -0.2) is 19.5 Å². The number of carbonyl (C=O) groups is 1. The third kappa shape index (κ3) is 7.63. The van der Waals surface area contributed by atoms with Gasteiger partial charge in [-0.15, -0.1) is 0 Å². The Morgan fingerprint density at radius 1 is 1.50 bits per heavy atom. The van der Waals surface area contributed by atoms with Gasteiger partial charge in [-0.05, 0) is 6.92 Å². The summed E-state index contributed by atoms with van der Waals surface area (Å²) in [7, 11) is 1.60. The van der Waals surface area contributed by atoms with Crippen LogP contribution in [0.2, 0.25) is 0 Å². The molecule has 1 atom stereocenters. The molecular weight excluding hydrogens is 128 g/mol. The molecule has 0 saturated carbocycles. The second kappa shape index (κ2) is 8.63. The van der Waals surface area contributed by atoms with Crippen molar-refractivity contribution in [2.24, 2.45) is 5.92 Å². The Morgan fingerprint density at radius 2 is 1.90 bits per heavy atom. The number of Topliss-reactive ketones (excluding diaryl/α,β-unsaturated/α-hetero) is 1. The first kappa shape index (κ1) is 12.3. The van der Waals surface area contributed by atoms with Gasteiger partial charge in [0.1, 0.15) is 5.78 Å². The van der Waals surface area contributed by atoms with E-state index in [4.69, 9.17) is 4.74 Å². The first-order valence-corrected chi connectivity index (χ1v) is 3.68. The Hall–Kier alpha value is -0.370. The fourth-order valence-corrected chi connectivity index (χ4v) is 0.367. The Kier molecular flexibility index (Phi) is 10.6. The van der Waals surface area contributed by atoms with Gasteiger partial charge in [0.05, 0.1) is 6.61 Å². The van der Waals surface area contributed by atoms with Gasteiger partial charge in [0.15, 0.2) is 0 Å². The molecule has 0 fully saturated rings. The largest absolute Gasteiger partial charge is 0.384 e. The summed E-state index contributed by atoms with van der Waals surface area (Å²) in [4.78, 5) is 10.5. The van der Waals surface area contributed by atoms with E-state index < -0.39 is 0 Å².